The van der Waals surface area contributed by atoms with Gasteiger partial charge in [0.05, 0.1) is 16.8 Å². The van der Waals surface area contributed by atoms with Crippen molar-refractivity contribution in [1.29, 1.82) is 0 Å². The van der Waals surface area contributed by atoms with Crippen molar-refractivity contribution >= 4 is 20.9 Å². The summed E-state index contributed by atoms with van der Waals surface area (Å²) in [6, 6.07) is 10.3. The summed E-state index contributed by atoms with van der Waals surface area (Å²) in [5.41, 5.74) is 6.83. The molecule has 0 saturated carbocycles. The second kappa shape index (κ2) is 8.75. The normalized spacial score (nSPS) is 13.8. The van der Waals surface area contributed by atoms with Gasteiger partial charge in [-0.2, -0.15) is 0 Å². The Morgan fingerprint density at radius 3 is 2.43 bits per heavy atom. The highest BCUT2D eigenvalue weighted by Gasteiger charge is 2.22. The van der Waals surface area contributed by atoms with Gasteiger partial charge in [0, 0.05) is 37.2 Å². The van der Waals surface area contributed by atoms with Crippen LogP contribution in [0.5, 0.6) is 0 Å². The second-order valence-electron chi connectivity index (χ2n) is 9.57. The Balaban J connectivity index is 1.76. The number of pyridine rings is 1. The van der Waals surface area contributed by atoms with Crippen LogP contribution in [0.1, 0.15) is 40.9 Å². The van der Waals surface area contributed by atoms with Crippen LogP contribution in [0.4, 0.5) is 4.39 Å². The molecular formula is C27H28FN3O3S. The number of aryl methyl sites for hydroxylation is 2. The van der Waals surface area contributed by atoms with Crippen LogP contribution in [0.2, 0.25) is 0 Å². The molecule has 35 heavy (non-hydrogen) atoms. The molecule has 5 rings (SSSR count). The van der Waals surface area contributed by atoms with Crippen LogP contribution in [0, 0.1) is 12.7 Å². The number of hydrogen-bond acceptors (Lipinski definition) is 4. The first-order chi connectivity index (χ1) is 16.6. The van der Waals surface area contributed by atoms with E-state index >= 15 is 0 Å². The standard InChI is InChI=1S/C27H28FN3O3S/c1-17-29-26-20(16-35(3,33)34)12-19(13-25(26)31(17)14-18-8-10-21(28)11-9-18)24-15-30(2)27(32)23-7-5-4-6-22(23)24/h8-13,15H,4-7,14,16H2,1-3H3. The van der Waals surface area contributed by atoms with Gasteiger partial charge in [-0.3, -0.25) is 4.79 Å². The number of imidazole rings is 1. The number of aromatic nitrogens is 3. The summed E-state index contributed by atoms with van der Waals surface area (Å²) in [6.07, 6.45) is 6.69. The van der Waals surface area contributed by atoms with E-state index in [-0.39, 0.29) is 17.1 Å². The number of benzene rings is 2. The number of halogens is 1. The molecule has 0 unspecified atom stereocenters. The van der Waals surface area contributed by atoms with E-state index in [4.69, 9.17) is 4.98 Å². The lowest BCUT2D eigenvalue weighted by molar-refractivity contribution is 0.601. The number of sulfone groups is 1. The third-order valence-corrected chi connectivity index (χ3v) is 7.64. The SMILES string of the molecule is Cc1nc2c(CS(C)(=O)=O)cc(-c3cn(C)c(=O)c4c3CCCC4)cc2n1Cc1ccc(F)cc1. The highest BCUT2D eigenvalue weighted by Crippen LogP contribution is 2.34. The molecule has 0 fully saturated rings. The lowest BCUT2D eigenvalue weighted by atomic mass is 9.87. The molecule has 2 aromatic carbocycles. The Bertz CT molecular complexity index is 1620. The maximum absolute atomic E-state index is 13.4. The molecule has 0 aliphatic heterocycles. The van der Waals surface area contributed by atoms with Gasteiger partial charge in [-0.1, -0.05) is 12.1 Å². The van der Waals surface area contributed by atoms with Crippen molar-refractivity contribution in [2.75, 3.05) is 6.26 Å². The van der Waals surface area contributed by atoms with Gasteiger partial charge in [-0.25, -0.2) is 17.8 Å². The summed E-state index contributed by atoms with van der Waals surface area (Å²) in [6.45, 7) is 2.37. The molecule has 2 heterocycles. The molecule has 0 bridgehead atoms. The molecule has 0 saturated heterocycles. The first kappa shape index (κ1) is 23.5. The van der Waals surface area contributed by atoms with Crippen molar-refractivity contribution in [3.05, 3.63) is 86.8 Å². The number of hydrogen-bond donors (Lipinski definition) is 0. The van der Waals surface area contributed by atoms with Gasteiger partial charge < -0.3 is 9.13 Å². The van der Waals surface area contributed by atoms with E-state index in [0.29, 0.717) is 17.6 Å². The second-order valence-corrected chi connectivity index (χ2v) is 11.7. The van der Waals surface area contributed by atoms with Crippen molar-refractivity contribution < 1.29 is 12.8 Å². The zero-order chi connectivity index (χ0) is 24.9. The van der Waals surface area contributed by atoms with Crippen LogP contribution >= 0.6 is 0 Å². The summed E-state index contributed by atoms with van der Waals surface area (Å²) in [5.74, 6) is 0.329. The fourth-order valence-electron chi connectivity index (χ4n) is 5.16. The predicted molar refractivity (Wildman–Crippen MR) is 136 cm³/mol. The van der Waals surface area contributed by atoms with Crippen LogP contribution in [-0.4, -0.2) is 28.8 Å². The molecule has 6 nitrogen and oxygen atoms in total. The highest BCUT2D eigenvalue weighted by molar-refractivity contribution is 7.89. The van der Waals surface area contributed by atoms with E-state index in [1.54, 1.807) is 23.7 Å². The Morgan fingerprint density at radius 1 is 1.06 bits per heavy atom. The Labute approximate surface area is 204 Å². The molecule has 1 aliphatic carbocycles. The number of fused-ring (bicyclic) bond motifs is 2. The van der Waals surface area contributed by atoms with Gasteiger partial charge in [0.15, 0.2) is 9.84 Å². The van der Waals surface area contributed by atoms with Gasteiger partial charge in [0.2, 0.25) is 0 Å². The van der Waals surface area contributed by atoms with E-state index < -0.39 is 9.84 Å². The fraction of sp³-hybridized carbons (Fsp3) is 0.333. The molecule has 8 heteroatoms. The monoisotopic (exact) mass is 493 g/mol. The quantitative estimate of drug-likeness (QED) is 0.415. The smallest absolute Gasteiger partial charge is 0.253 e. The molecule has 2 aromatic heterocycles. The zero-order valence-electron chi connectivity index (χ0n) is 20.1. The van der Waals surface area contributed by atoms with E-state index in [2.05, 4.69) is 0 Å². The number of nitrogens with zero attached hydrogens (tertiary/aromatic N) is 3. The summed E-state index contributed by atoms with van der Waals surface area (Å²) < 4.78 is 41.8. The molecule has 0 spiro atoms. The fourth-order valence-corrected chi connectivity index (χ4v) is 5.94. The van der Waals surface area contributed by atoms with Crippen LogP contribution in [0.25, 0.3) is 22.2 Å². The van der Waals surface area contributed by atoms with Crippen LogP contribution in [0.15, 0.2) is 47.4 Å². The van der Waals surface area contributed by atoms with Crippen LogP contribution < -0.4 is 5.56 Å². The molecule has 0 amide bonds. The Morgan fingerprint density at radius 2 is 1.74 bits per heavy atom. The van der Waals surface area contributed by atoms with Gasteiger partial charge in [-0.15, -0.1) is 0 Å². The van der Waals surface area contributed by atoms with Gasteiger partial charge >= 0.3 is 0 Å². The van der Waals surface area contributed by atoms with Crippen molar-refractivity contribution in [1.82, 2.24) is 14.1 Å². The molecule has 182 valence electrons. The summed E-state index contributed by atoms with van der Waals surface area (Å²) >= 11 is 0. The first-order valence-corrected chi connectivity index (χ1v) is 13.8. The number of rotatable bonds is 5. The van der Waals surface area contributed by atoms with Crippen molar-refractivity contribution in [3.8, 4) is 11.1 Å². The largest absolute Gasteiger partial charge is 0.324 e. The highest BCUT2D eigenvalue weighted by atomic mass is 32.2. The maximum atomic E-state index is 13.4. The third-order valence-electron chi connectivity index (χ3n) is 6.80. The maximum Gasteiger partial charge on any atom is 0.253 e. The minimum Gasteiger partial charge on any atom is -0.324 e. The summed E-state index contributed by atoms with van der Waals surface area (Å²) in [5, 5.41) is 0. The summed E-state index contributed by atoms with van der Waals surface area (Å²) in [7, 11) is -1.55. The third kappa shape index (κ3) is 4.55. The van der Waals surface area contributed by atoms with Crippen LogP contribution in [-0.2, 0) is 42.0 Å². The van der Waals surface area contributed by atoms with Crippen molar-refractivity contribution in [3.63, 3.8) is 0 Å². The van der Waals surface area contributed by atoms with Gasteiger partial charge in [0.1, 0.15) is 11.6 Å². The van der Waals surface area contributed by atoms with E-state index in [0.717, 1.165) is 64.8 Å². The lowest BCUT2D eigenvalue weighted by Crippen LogP contribution is -2.25. The van der Waals surface area contributed by atoms with E-state index in [1.807, 2.05) is 29.8 Å². The minimum atomic E-state index is -3.31. The zero-order valence-corrected chi connectivity index (χ0v) is 21.0. The molecule has 0 radical (unpaired) electrons. The molecule has 0 N–H and O–H groups in total. The van der Waals surface area contributed by atoms with E-state index in [1.165, 1.54) is 18.4 Å². The van der Waals surface area contributed by atoms with Crippen molar-refractivity contribution in [2.45, 2.75) is 44.9 Å². The first-order valence-electron chi connectivity index (χ1n) is 11.7. The minimum absolute atomic E-state index is 0.0399. The van der Waals surface area contributed by atoms with E-state index in [9.17, 15) is 17.6 Å². The molecular weight excluding hydrogens is 465 g/mol. The van der Waals surface area contributed by atoms with Gasteiger partial charge in [0.25, 0.3) is 5.56 Å². The Hall–Kier alpha value is -3.26. The molecule has 0 atom stereocenters. The summed E-state index contributed by atoms with van der Waals surface area (Å²) in [4.78, 5) is 17.5. The molecule has 4 aromatic rings. The topological polar surface area (TPSA) is 74.0 Å². The molecule has 1 aliphatic rings. The average molecular weight is 494 g/mol. The van der Waals surface area contributed by atoms with Crippen molar-refractivity contribution in [2.24, 2.45) is 7.05 Å². The average Bonchev–Trinajstić information content (AvgIpc) is 3.12. The Kier molecular flexibility index (Phi) is 5.87. The lowest BCUT2D eigenvalue weighted by Gasteiger charge is -2.21. The van der Waals surface area contributed by atoms with Crippen LogP contribution in [0.3, 0.4) is 0 Å². The van der Waals surface area contributed by atoms with Gasteiger partial charge in [-0.05, 0) is 79.1 Å². The predicted octanol–water partition coefficient (Wildman–Crippen LogP) is 4.32.